The van der Waals surface area contributed by atoms with Gasteiger partial charge in [-0.15, -0.1) is 0 Å². The molecule has 0 saturated carbocycles. The summed E-state index contributed by atoms with van der Waals surface area (Å²) >= 11 is 0. The van der Waals surface area contributed by atoms with E-state index in [1.165, 1.54) is 0 Å². The maximum absolute atomic E-state index is 11.1. The number of carboxylic acids is 2. The van der Waals surface area contributed by atoms with Crippen molar-refractivity contribution in [1.82, 2.24) is 0 Å². The topological polar surface area (TPSA) is 80.3 Å². The van der Waals surface area contributed by atoms with E-state index in [9.17, 15) is 28.6 Å². The number of aliphatic carboxylic acids is 2. The van der Waals surface area contributed by atoms with Gasteiger partial charge in [-0.3, -0.25) is 8.78 Å². The number of hydrogen-bond acceptors (Lipinski definition) is 4. The molecule has 0 rings (SSSR count). The van der Waals surface area contributed by atoms with E-state index >= 15 is 0 Å². The number of alkyl halides is 2. The molecule has 0 atom stereocenters. The summed E-state index contributed by atoms with van der Waals surface area (Å²) in [4.78, 5) is 19.0. The van der Waals surface area contributed by atoms with Crippen molar-refractivity contribution in [3.05, 3.63) is 0 Å². The zero-order valence-electron chi connectivity index (χ0n) is 8.34. The Hall–Kier alpha value is 0.0597. The molecule has 0 amide bonds. The minimum absolute atomic E-state index is 0. The van der Waals surface area contributed by atoms with Gasteiger partial charge in [0.05, 0.1) is 13.3 Å². The summed E-state index contributed by atoms with van der Waals surface area (Å²) in [5, 5.41) is 19.0. The molecule has 0 N–H and O–H groups in total. The average molecular weight is 250 g/mol. The van der Waals surface area contributed by atoms with Crippen LogP contribution in [0.3, 0.4) is 0 Å². The maximum Gasteiger partial charge on any atom is 2.00 e. The van der Waals surface area contributed by atoms with Crippen molar-refractivity contribution in [1.29, 1.82) is 0 Å². The second-order valence-electron chi connectivity index (χ2n) is 2.33. The summed E-state index contributed by atoms with van der Waals surface area (Å²) in [5.74, 6) is -2.37. The average Bonchev–Trinajstić information content (AvgIpc) is 2.12. The molecule has 0 saturated heterocycles. The molecule has 0 aliphatic rings. The van der Waals surface area contributed by atoms with Crippen LogP contribution in [0.1, 0.15) is 25.7 Å². The van der Waals surface area contributed by atoms with Crippen LogP contribution < -0.4 is 10.2 Å². The zero-order chi connectivity index (χ0) is 11.4. The Kier molecular flexibility index (Phi) is 22.5. The number of carboxylic acid groups (broad SMARTS) is 2. The normalized spacial score (nSPS) is 8.13. The molecule has 7 heteroatoms. The largest absolute Gasteiger partial charge is 2.00 e. The third kappa shape index (κ3) is 31.5. The van der Waals surface area contributed by atoms with Crippen LogP contribution >= 0.6 is 0 Å². The first kappa shape index (κ1) is 20.5. The molecule has 0 heterocycles. The molecule has 0 radical (unpaired) electrons. The van der Waals surface area contributed by atoms with E-state index in [1.54, 1.807) is 0 Å². The third-order valence-corrected chi connectivity index (χ3v) is 1.03. The molecule has 4 nitrogen and oxygen atoms in total. The first-order valence-electron chi connectivity index (χ1n) is 4.06. The van der Waals surface area contributed by atoms with Crippen LogP contribution in [-0.4, -0.2) is 63.0 Å². The van der Waals surface area contributed by atoms with Gasteiger partial charge >= 0.3 is 37.7 Å². The van der Waals surface area contributed by atoms with Gasteiger partial charge in [0.2, 0.25) is 0 Å². The molecule has 0 spiro atoms. The third-order valence-electron chi connectivity index (χ3n) is 1.03. The van der Waals surface area contributed by atoms with Crippen molar-refractivity contribution < 1.29 is 28.6 Å². The van der Waals surface area contributed by atoms with Gasteiger partial charge in [-0.25, -0.2) is 0 Å². The predicted octanol–water partition coefficient (Wildman–Crippen LogP) is -1.41. The minimum Gasteiger partial charge on any atom is -0.550 e. The summed E-state index contributed by atoms with van der Waals surface area (Å²) in [5.41, 5.74) is 0. The smallest absolute Gasteiger partial charge is 0.550 e. The van der Waals surface area contributed by atoms with Gasteiger partial charge in [-0.05, 0) is 25.7 Å². The van der Waals surface area contributed by atoms with Crippen LogP contribution in [0.25, 0.3) is 0 Å². The molecule has 15 heavy (non-hydrogen) atoms. The van der Waals surface area contributed by atoms with Crippen molar-refractivity contribution in [2.24, 2.45) is 0 Å². The molecule has 0 aromatic carbocycles. The summed E-state index contributed by atoms with van der Waals surface area (Å²) < 4.78 is 22.1. The molecule has 0 fully saturated rings. The molecule has 0 aromatic rings. The number of rotatable bonds is 6. The molecule has 0 bridgehead atoms. The number of carbonyl (C=O) groups excluding carboxylic acids is 2. The summed E-state index contributed by atoms with van der Waals surface area (Å²) in [6, 6.07) is 0. The van der Waals surface area contributed by atoms with E-state index in [1.807, 2.05) is 0 Å². The Morgan fingerprint density at radius 3 is 1.20 bits per heavy atom. The van der Waals surface area contributed by atoms with Crippen LogP contribution in [0, 0.1) is 0 Å². The van der Waals surface area contributed by atoms with Crippen LogP contribution in [-0.2, 0) is 9.59 Å². The van der Waals surface area contributed by atoms with E-state index in [2.05, 4.69) is 0 Å². The van der Waals surface area contributed by atoms with Crippen molar-refractivity contribution in [2.75, 3.05) is 13.3 Å². The molecule has 0 aromatic heterocycles. The van der Waals surface area contributed by atoms with Gasteiger partial charge in [-0.2, -0.15) is 0 Å². The first-order valence-corrected chi connectivity index (χ1v) is 4.06. The van der Waals surface area contributed by atoms with E-state index in [-0.39, 0.29) is 63.4 Å². The fraction of sp³-hybridized carbons (Fsp3) is 0.750. The van der Waals surface area contributed by atoms with Gasteiger partial charge in [0, 0.05) is 11.9 Å². The van der Waals surface area contributed by atoms with Crippen LogP contribution in [0.2, 0.25) is 0 Å². The van der Waals surface area contributed by atoms with Gasteiger partial charge in [-0.1, -0.05) is 0 Å². The predicted molar refractivity (Wildman–Crippen MR) is 46.2 cm³/mol. The summed E-state index contributed by atoms with van der Waals surface area (Å²) in [6.45, 7) is -1.15. The molecule has 0 aliphatic heterocycles. The number of hydrogen-bond donors (Lipinski definition) is 0. The molecule has 0 unspecified atom stereocenters. The van der Waals surface area contributed by atoms with Crippen LogP contribution in [0.5, 0.6) is 0 Å². The maximum atomic E-state index is 11.1. The van der Waals surface area contributed by atoms with E-state index in [4.69, 9.17) is 0 Å². The fourth-order valence-corrected chi connectivity index (χ4v) is 0.422. The van der Waals surface area contributed by atoms with Crippen molar-refractivity contribution in [3.63, 3.8) is 0 Å². The monoisotopic (exact) mass is 250 g/mol. The number of carbonyl (C=O) groups is 2. The Labute approximate surface area is 117 Å². The molecule has 84 valence electrons. The summed E-state index contributed by atoms with van der Waals surface area (Å²) in [6.07, 6.45) is -0.197. The Morgan fingerprint density at radius 1 is 0.867 bits per heavy atom. The SMILES string of the molecule is O=C([O-])CCCF.O=C([O-])CCCF.[Ca+2]. The Morgan fingerprint density at radius 2 is 1.13 bits per heavy atom. The quantitative estimate of drug-likeness (QED) is 0.542. The van der Waals surface area contributed by atoms with E-state index < -0.39 is 25.3 Å². The standard InChI is InChI=1S/2C4H7FO2.Ca/c2*5-3-1-2-4(6)7;/h2*1-3H2,(H,6,7);/q;;+2/p-2. The Bertz CT molecular complexity index is 149. The van der Waals surface area contributed by atoms with Crippen LogP contribution in [0.15, 0.2) is 0 Å². The van der Waals surface area contributed by atoms with E-state index in [0.717, 1.165) is 0 Å². The van der Waals surface area contributed by atoms with Gasteiger partial charge in [0.15, 0.2) is 0 Å². The van der Waals surface area contributed by atoms with Gasteiger partial charge < -0.3 is 19.8 Å². The van der Waals surface area contributed by atoms with Crippen LogP contribution in [0.4, 0.5) is 8.78 Å². The minimum atomic E-state index is -1.18. The second kappa shape index (κ2) is 16.5. The van der Waals surface area contributed by atoms with Gasteiger partial charge in [0.25, 0.3) is 0 Å². The number of halogens is 2. The Balaban J connectivity index is -0.000000180. The van der Waals surface area contributed by atoms with Gasteiger partial charge in [0.1, 0.15) is 0 Å². The summed E-state index contributed by atoms with van der Waals surface area (Å²) in [7, 11) is 0. The zero-order valence-corrected chi connectivity index (χ0v) is 10.5. The fourth-order valence-electron chi connectivity index (χ4n) is 0.422. The van der Waals surface area contributed by atoms with Crippen molar-refractivity contribution in [2.45, 2.75) is 25.7 Å². The molecular weight excluding hydrogens is 238 g/mol. The molecule has 0 aliphatic carbocycles. The molecular formula is C8H12CaF2O4. The van der Waals surface area contributed by atoms with Crippen molar-refractivity contribution >= 4 is 49.7 Å². The second-order valence-corrected chi connectivity index (χ2v) is 2.33. The first-order chi connectivity index (χ1) is 6.54. The van der Waals surface area contributed by atoms with Crippen molar-refractivity contribution in [3.8, 4) is 0 Å². The van der Waals surface area contributed by atoms with E-state index in [0.29, 0.717) is 0 Å².